The minimum atomic E-state index is -0.452. The van der Waals surface area contributed by atoms with Gasteiger partial charge in [0.2, 0.25) is 0 Å². The van der Waals surface area contributed by atoms with Crippen LogP contribution in [0.3, 0.4) is 0 Å². The van der Waals surface area contributed by atoms with E-state index >= 15 is 0 Å². The largest absolute Gasteiger partial charge is 0.481 e. The summed E-state index contributed by atoms with van der Waals surface area (Å²) in [6, 6.07) is 6.49. The average molecular weight is 289 g/mol. The summed E-state index contributed by atoms with van der Waals surface area (Å²) >= 11 is 0. The first-order chi connectivity index (χ1) is 10.1. The number of aryl methyl sites for hydroxylation is 2. The molecular formula is C18H27NO2. The van der Waals surface area contributed by atoms with E-state index in [1.54, 1.807) is 0 Å². The molecule has 0 fully saturated rings. The van der Waals surface area contributed by atoms with Crippen LogP contribution in [0.5, 0.6) is 5.75 Å². The van der Waals surface area contributed by atoms with Gasteiger partial charge in [0.25, 0.3) is 5.91 Å². The van der Waals surface area contributed by atoms with Gasteiger partial charge in [0.1, 0.15) is 5.75 Å². The molecule has 0 saturated heterocycles. The van der Waals surface area contributed by atoms with Crippen LogP contribution in [0, 0.1) is 0 Å². The average Bonchev–Trinajstić information content (AvgIpc) is 2.52. The molecule has 1 N–H and O–H groups in total. The third kappa shape index (κ3) is 4.23. The second kappa shape index (κ2) is 7.48. The normalized spacial score (nSPS) is 15.4. The molecular weight excluding hydrogens is 262 g/mol. The van der Waals surface area contributed by atoms with Crippen LogP contribution >= 0.6 is 0 Å². The summed E-state index contributed by atoms with van der Waals surface area (Å²) < 4.78 is 5.82. The number of carbonyl (C=O) groups is 1. The van der Waals surface area contributed by atoms with E-state index in [2.05, 4.69) is 31.3 Å². The summed E-state index contributed by atoms with van der Waals surface area (Å²) in [5, 5.41) is 3.03. The van der Waals surface area contributed by atoms with E-state index in [9.17, 15) is 4.79 Å². The molecule has 0 heterocycles. The lowest BCUT2D eigenvalue weighted by molar-refractivity contribution is -0.128. The monoisotopic (exact) mass is 289 g/mol. The molecule has 3 nitrogen and oxygen atoms in total. The van der Waals surface area contributed by atoms with Gasteiger partial charge in [-0.15, -0.1) is 0 Å². The van der Waals surface area contributed by atoms with Gasteiger partial charge in [-0.2, -0.15) is 0 Å². The standard InChI is InChI=1S/C18H27NO2/c1-4-16(5-2)19-18(20)13(3)21-17-11-10-14-8-6-7-9-15(14)12-17/h10-13,16H,4-9H2,1-3H3,(H,19,20)/t13-/m1/s1. The Hall–Kier alpha value is -1.51. The highest BCUT2D eigenvalue weighted by Crippen LogP contribution is 2.25. The topological polar surface area (TPSA) is 38.3 Å². The van der Waals surface area contributed by atoms with Crippen LogP contribution in [0.1, 0.15) is 57.6 Å². The summed E-state index contributed by atoms with van der Waals surface area (Å²) in [5.41, 5.74) is 2.81. The van der Waals surface area contributed by atoms with Crippen molar-refractivity contribution in [3.05, 3.63) is 29.3 Å². The van der Waals surface area contributed by atoms with E-state index < -0.39 is 6.10 Å². The highest BCUT2D eigenvalue weighted by atomic mass is 16.5. The van der Waals surface area contributed by atoms with Crippen LogP contribution in [0.2, 0.25) is 0 Å². The van der Waals surface area contributed by atoms with Crippen molar-refractivity contribution in [3.63, 3.8) is 0 Å². The summed E-state index contributed by atoms with van der Waals surface area (Å²) in [4.78, 5) is 12.1. The number of amides is 1. The predicted octanol–water partition coefficient (Wildman–Crippen LogP) is 3.64. The molecule has 1 aliphatic rings. The van der Waals surface area contributed by atoms with E-state index in [0.29, 0.717) is 0 Å². The van der Waals surface area contributed by atoms with Gasteiger partial charge in [0, 0.05) is 6.04 Å². The molecule has 1 aliphatic carbocycles. The first-order valence-electron chi connectivity index (χ1n) is 8.22. The molecule has 0 radical (unpaired) electrons. The van der Waals surface area contributed by atoms with Crippen molar-refractivity contribution in [2.24, 2.45) is 0 Å². The molecule has 0 aromatic heterocycles. The number of fused-ring (bicyclic) bond motifs is 1. The Morgan fingerprint density at radius 3 is 2.52 bits per heavy atom. The molecule has 0 bridgehead atoms. The molecule has 21 heavy (non-hydrogen) atoms. The molecule has 1 aromatic carbocycles. The smallest absolute Gasteiger partial charge is 0.260 e. The fourth-order valence-electron chi connectivity index (χ4n) is 2.85. The van der Waals surface area contributed by atoms with Gasteiger partial charge in [0.05, 0.1) is 0 Å². The van der Waals surface area contributed by atoms with Crippen molar-refractivity contribution < 1.29 is 9.53 Å². The van der Waals surface area contributed by atoms with Gasteiger partial charge < -0.3 is 10.1 Å². The van der Waals surface area contributed by atoms with Gasteiger partial charge in [-0.25, -0.2) is 0 Å². The third-order valence-corrected chi connectivity index (χ3v) is 4.33. The van der Waals surface area contributed by atoms with E-state index in [1.165, 1.54) is 30.4 Å². The van der Waals surface area contributed by atoms with Crippen LogP contribution in [-0.4, -0.2) is 18.1 Å². The lowest BCUT2D eigenvalue weighted by atomic mass is 9.92. The van der Waals surface area contributed by atoms with Crippen LogP contribution in [0.15, 0.2) is 18.2 Å². The highest BCUT2D eigenvalue weighted by molar-refractivity contribution is 5.81. The maximum absolute atomic E-state index is 12.1. The van der Waals surface area contributed by atoms with Crippen molar-refractivity contribution in [1.82, 2.24) is 5.32 Å². The fraction of sp³-hybridized carbons (Fsp3) is 0.611. The molecule has 3 heteroatoms. The van der Waals surface area contributed by atoms with Crippen molar-refractivity contribution in [2.75, 3.05) is 0 Å². The Morgan fingerprint density at radius 2 is 1.86 bits per heavy atom. The molecule has 0 aliphatic heterocycles. The second-order valence-corrected chi connectivity index (χ2v) is 5.92. The molecule has 1 aromatic rings. The van der Waals surface area contributed by atoms with Crippen LogP contribution in [0.4, 0.5) is 0 Å². The quantitative estimate of drug-likeness (QED) is 0.868. The SMILES string of the molecule is CCC(CC)NC(=O)[C@@H](C)Oc1ccc2c(c1)CCCC2. The number of rotatable bonds is 6. The van der Waals surface area contributed by atoms with Crippen molar-refractivity contribution in [2.45, 2.75) is 71.4 Å². The Morgan fingerprint density at radius 1 is 1.19 bits per heavy atom. The number of nitrogens with one attached hydrogen (secondary N) is 1. The van der Waals surface area contributed by atoms with Gasteiger partial charge >= 0.3 is 0 Å². The van der Waals surface area contributed by atoms with Gasteiger partial charge in [0.15, 0.2) is 6.10 Å². The van der Waals surface area contributed by atoms with E-state index in [0.717, 1.165) is 25.0 Å². The lowest BCUT2D eigenvalue weighted by Crippen LogP contribution is -2.42. The lowest BCUT2D eigenvalue weighted by Gasteiger charge is -2.21. The minimum Gasteiger partial charge on any atom is -0.481 e. The summed E-state index contributed by atoms with van der Waals surface area (Å²) in [6.07, 6.45) is 6.28. The molecule has 1 amide bonds. The van der Waals surface area contributed by atoms with Gasteiger partial charge in [-0.3, -0.25) is 4.79 Å². The molecule has 116 valence electrons. The zero-order valence-corrected chi connectivity index (χ0v) is 13.4. The Kier molecular flexibility index (Phi) is 5.66. The van der Waals surface area contributed by atoms with E-state index in [1.807, 2.05) is 13.0 Å². The Labute approximate surface area is 128 Å². The number of hydrogen-bond donors (Lipinski definition) is 1. The predicted molar refractivity (Wildman–Crippen MR) is 85.7 cm³/mol. The summed E-state index contributed by atoms with van der Waals surface area (Å²) in [7, 11) is 0. The van der Waals surface area contributed by atoms with Gasteiger partial charge in [-0.05, 0) is 68.7 Å². The minimum absolute atomic E-state index is 0.0265. The maximum Gasteiger partial charge on any atom is 0.260 e. The Bertz CT molecular complexity index is 480. The number of hydrogen-bond acceptors (Lipinski definition) is 2. The summed E-state index contributed by atoms with van der Waals surface area (Å²) in [5.74, 6) is 0.782. The summed E-state index contributed by atoms with van der Waals surface area (Å²) in [6.45, 7) is 5.99. The highest BCUT2D eigenvalue weighted by Gasteiger charge is 2.18. The van der Waals surface area contributed by atoms with Gasteiger partial charge in [-0.1, -0.05) is 19.9 Å². The first-order valence-corrected chi connectivity index (χ1v) is 8.22. The third-order valence-electron chi connectivity index (χ3n) is 4.33. The number of ether oxygens (including phenoxy) is 1. The molecule has 1 atom stereocenters. The van der Waals surface area contributed by atoms with Crippen LogP contribution < -0.4 is 10.1 Å². The molecule has 0 unspecified atom stereocenters. The maximum atomic E-state index is 12.1. The molecule has 0 spiro atoms. The zero-order valence-electron chi connectivity index (χ0n) is 13.4. The van der Waals surface area contributed by atoms with Crippen molar-refractivity contribution >= 4 is 5.91 Å². The van der Waals surface area contributed by atoms with Crippen molar-refractivity contribution in [1.29, 1.82) is 0 Å². The van der Waals surface area contributed by atoms with E-state index in [-0.39, 0.29) is 11.9 Å². The molecule has 0 saturated carbocycles. The molecule has 2 rings (SSSR count). The first kappa shape index (κ1) is 15.9. The number of benzene rings is 1. The van der Waals surface area contributed by atoms with Crippen LogP contribution in [-0.2, 0) is 17.6 Å². The second-order valence-electron chi connectivity index (χ2n) is 5.92. The zero-order chi connectivity index (χ0) is 15.2. The Balaban J connectivity index is 1.95. The van der Waals surface area contributed by atoms with Crippen molar-refractivity contribution in [3.8, 4) is 5.75 Å². The fourth-order valence-corrected chi connectivity index (χ4v) is 2.85. The van der Waals surface area contributed by atoms with E-state index in [4.69, 9.17) is 4.74 Å². The number of carbonyl (C=O) groups excluding carboxylic acids is 1. The van der Waals surface area contributed by atoms with Crippen LogP contribution in [0.25, 0.3) is 0 Å².